The Morgan fingerprint density at radius 3 is 2.13 bits per heavy atom. The highest BCUT2D eigenvalue weighted by atomic mass is 16.5. The molecule has 1 saturated heterocycles. The Kier molecular flexibility index (Phi) is 5.54. The molecule has 0 bridgehead atoms. The maximum atomic E-state index is 14.8. The van der Waals surface area contributed by atoms with Crippen LogP contribution in [0.1, 0.15) is 70.1 Å². The largest absolute Gasteiger partial charge is 0.497 e. The first-order valence-electron chi connectivity index (χ1n) is 13.0. The van der Waals surface area contributed by atoms with E-state index in [1.165, 1.54) is 0 Å². The maximum absolute atomic E-state index is 14.8. The average Bonchev–Trinajstić information content (AvgIpc) is 3.37. The van der Waals surface area contributed by atoms with Crippen molar-refractivity contribution in [3.63, 3.8) is 0 Å². The number of hydrazone groups is 1. The predicted molar refractivity (Wildman–Crippen MR) is 147 cm³/mol. The van der Waals surface area contributed by atoms with Gasteiger partial charge < -0.3 is 9.47 Å². The van der Waals surface area contributed by atoms with Gasteiger partial charge in [0.2, 0.25) is 0 Å². The molecule has 1 fully saturated rings. The van der Waals surface area contributed by atoms with Crippen LogP contribution in [0.4, 0.5) is 0 Å². The lowest BCUT2D eigenvalue weighted by Crippen LogP contribution is -2.45. The third-order valence-electron chi connectivity index (χ3n) is 8.36. The van der Waals surface area contributed by atoms with Gasteiger partial charge in [0.1, 0.15) is 23.0 Å². The van der Waals surface area contributed by atoms with Crippen molar-refractivity contribution in [2.75, 3.05) is 14.2 Å². The third-order valence-corrected chi connectivity index (χ3v) is 8.36. The number of ketones is 3. The van der Waals surface area contributed by atoms with Gasteiger partial charge in [0, 0.05) is 28.0 Å². The number of nitrogens with zero attached hydrogens (tertiary/aromatic N) is 2. The van der Waals surface area contributed by atoms with Crippen LogP contribution in [0.2, 0.25) is 0 Å². The van der Waals surface area contributed by atoms with Crippen LogP contribution >= 0.6 is 0 Å². The Bertz CT molecular complexity index is 1530. The van der Waals surface area contributed by atoms with Crippen molar-refractivity contribution in [3.05, 3.63) is 94.5 Å². The van der Waals surface area contributed by atoms with E-state index in [-0.39, 0.29) is 17.3 Å². The third kappa shape index (κ3) is 3.28. The standard InChI is InChI=1S/C32H30N2O5/c1-31(2,3)30(37)26-25(23-16-19(38-4)14-15-24(23)39-5)32(28(35)21-12-8-9-13-22(21)29(32)36)27-20-11-7-6-10-18(20)17-33-34(26)27/h6-17,25-27H,1-5H3/t25-,26+,27?/m0/s1. The number of carbonyl (C=O) groups excluding carboxylic acids is 3. The predicted octanol–water partition coefficient (Wildman–Crippen LogP) is 5.24. The van der Waals surface area contributed by atoms with Crippen LogP contribution < -0.4 is 9.47 Å². The highest BCUT2D eigenvalue weighted by Crippen LogP contribution is 2.66. The second-order valence-corrected chi connectivity index (χ2v) is 11.4. The molecule has 3 aliphatic rings. The Balaban J connectivity index is 1.75. The fourth-order valence-electron chi connectivity index (χ4n) is 6.65. The number of ether oxygens (including phenoxy) is 2. The molecule has 3 atom stereocenters. The summed E-state index contributed by atoms with van der Waals surface area (Å²) in [5, 5.41) is 6.49. The van der Waals surface area contributed by atoms with E-state index in [9.17, 15) is 14.4 Å². The molecular formula is C32H30N2O5. The minimum atomic E-state index is -1.65. The lowest BCUT2D eigenvalue weighted by molar-refractivity contribution is -0.131. The molecule has 0 amide bonds. The monoisotopic (exact) mass is 522 g/mol. The molecule has 3 aromatic carbocycles. The number of methoxy groups -OCH3 is 2. The van der Waals surface area contributed by atoms with Gasteiger partial charge in [-0.15, -0.1) is 0 Å². The van der Waals surface area contributed by atoms with Crippen LogP contribution in [0.3, 0.4) is 0 Å². The first-order valence-corrected chi connectivity index (χ1v) is 13.0. The molecule has 1 unspecified atom stereocenters. The van der Waals surface area contributed by atoms with Crippen LogP contribution in [0.15, 0.2) is 71.8 Å². The smallest absolute Gasteiger partial charge is 0.180 e. The summed E-state index contributed by atoms with van der Waals surface area (Å²) in [6.07, 6.45) is 1.71. The number of hydrogen-bond donors (Lipinski definition) is 0. The van der Waals surface area contributed by atoms with E-state index in [1.54, 1.807) is 67.9 Å². The molecule has 7 heteroatoms. The zero-order chi connectivity index (χ0) is 27.7. The van der Waals surface area contributed by atoms with Gasteiger partial charge in [0.25, 0.3) is 0 Å². The number of hydrogen-bond acceptors (Lipinski definition) is 7. The normalized spacial score (nSPS) is 22.5. The van der Waals surface area contributed by atoms with Crippen molar-refractivity contribution in [2.45, 2.75) is 38.8 Å². The van der Waals surface area contributed by atoms with E-state index >= 15 is 0 Å². The molecule has 6 rings (SSSR count). The lowest BCUT2D eigenvalue weighted by Gasteiger charge is -2.36. The van der Waals surface area contributed by atoms with Crippen LogP contribution in [0.5, 0.6) is 11.5 Å². The second-order valence-electron chi connectivity index (χ2n) is 11.4. The van der Waals surface area contributed by atoms with Gasteiger partial charge in [-0.25, -0.2) is 0 Å². The van der Waals surface area contributed by atoms with Crippen molar-refractivity contribution in [1.82, 2.24) is 5.01 Å². The van der Waals surface area contributed by atoms with Crippen LogP contribution in [-0.4, -0.2) is 48.8 Å². The van der Waals surface area contributed by atoms with Gasteiger partial charge in [0.15, 0.2) is 17.3 Å². The SMILES string of the molecule is COc1ccc(OC)c([C@H]2[C@H](C(=O)C(C)(C)C)N3N=Cc4ccccc4C3C23C(=O)c2ccccc2C3=O)c1. The van der Waals surface area contributed by atoms with Gasteiger partial charge in [-0.05, 0) is 29.3 Å². The summed E-state index contributed by atoms with van der Waals surface area (Å²) in [6, 6.07) is 18.2. The summed E-state index contributed by atoms with van der Waals surface area (Å²) in [6.45, 7) is 5.55. The van der Waals surface area contributed by atoms with E-state index < -0.39 is 28.8 Å². The molecule has 39 heavy (non-hydrogen) atoms. The molecule has 0 radical (unpaired) electrons. The Hall–Kier alpha value is -4.26. The molecule has 0 saturated carbocycles. The van der Waals surface area contributed by atoms with E-state index in [0.717, 1.165) is 11.1 Å². The van der Waals surface area contributed by atoms with Crippen LogP contribution in [0, 0.1) is 10.8 Å². The van der Waals surface area contributed by atoms with Gasteiger partial charge in [-0.1, -0.05) is 69.3 Å². The fourth-order valence-corrected chi connectivity index (χ4v) is 6.65. The van der Waals surface area contributed by atoms with Crippen molar-refractivity contribution in [3.8, 4) is 11.5 Å². The second kappa shape index (κ2) is 8.63. The molecule has 2 aliphatic heterocycles. The fraction of sp³-hybridized carbons (Fsp3) is 0.312. The highest BCUT2D eigenvalue weighted by Gasteiger charge is 2.73. The summed E-state index contributed by atoms with van der Waals surface area (Å²) in [5.74, 6) is -0.608. The number of carbonyl (C=O) groups is 3. The van der Waals surface area contributed by atoms with E-state index in [1.807, 2.05) is 45.0 Å². The van der Waals surface area contributed by atoms with Crippen molar-refractivity contribution >= 4 is 23.6 Å². The Morgan fingerprint density at radius 1 is 0.872 bits per heavy atom. The molecular weight excluding hydrogens is 492 g/mol. The highest BCUT2D eigenvalue weighted by molar-refractivity contribution is 6.31. The summed E-state index contributed by atoms with van der Waals surface area (Å²) in [4.78, 5) is 43.9. The molecule has 2 heterocycles. The van der Waals surface area contributed by atoms with Crippen LogP contribution in [0.25, 0.3) is 0 Å². The van der Waals surface area contributed by atoms with Gasteiger partial charge in [-0.2, -0.15) is 5.10 Å². The minimum Gasteiger partial charge on any atom is -0.497 e. The zero-order valence-electron chi connectivity index (χ0n) is 22.6. The molecule has 198 valence electrons. The van der Waals surface area contributed by atoms with Gasteiger partial charge in [0.05, 0.1) is 26.5 Å². The van der Waals surface area contributed by atoms with Crippen molar-refractivity contribution in [2.24, 2.45) is 15.9 Å². The molecule has 0 N–H and O–H groups in total. The summed E-state index contributed by atoms with van der Waals surface area (Å²) in [5.41, 5.74) is 0.470. The molecule has 3 aromatic rings. The quantitative estimate of drug-likeness (QED) is 0.436. The van der Waals surface area contributed by atoms with Gasteiger partial charge >= 0.3 is 0 Å². The number of rotatable bonds is 4. The van der Waals surface area contributed by atoms with Crippen molar-refractivity contribution in [1.29, 1.82) is 0 Å². The Labute approximate surface area is 227 Å². The summed E-state index contributed by atoms with van der Waals surface area (Å²) in [7, 11) is 3.10. The molecule has 1 spiro atoms. The van der Waals surface area contributed by atoms with E-state index in [4.69, 9.17) is 14.6 Å². The average molecular weight is 523 g/mol. The summed E-state index contributed by atoms with van der Waals surface area (Å²) >= 11 is 0. The molecule has 0 aromatic heterocycles. The van der Waals surface area contributed by atoms with E-state index in [0.29, 0.717) is 28.2 Å². The zero-order valence-corrected chi connectivity index (χ0v) is 22.6. The molecule has 1 aliphatic carbocycles. The minimum absolute atomic E-state index is 0.118. The number of benzene rings is 3. The van der Waals surface area contributed by atoms with Crippen LogP contribution in [-0.2, 0) is 4.79 Å². The summed E-state index contributed by atoms with van der Waals surface area (Å²) < 4.78 is 11.4. The topological polar surface area (TPSA) is 85.3 Å². The first kappa shape index (κ1) is 25.0. The number of fused-ring (bicyclic) bond motifs is 5. The van der Waals surface area contributed by atoms with Crippen molar-refractivity contribution < 1.29 is 23.9 Å². The Morgan fingerprint density at radius 2 is 1.51 bits per heavy atom. The molecule has 7 nitrogen and oxygen atoms in total. The lowest BCUT2D eigenvalue weighted by atomic mass is 9.62. The van der Waals surface area contributed by atoms with E-state index in [2.05, 4.69) is 0 Å². The van der Waals surface area contributed by atoms with Gasteiger partial charge in [-0.3, -0.25) is 19.4 Å². The maximum Gasteiger partial charge on any atom is 0.180 e. The first-order chi connectivity index (χ1) is 18.7. The number of Topliss-reactive ketones (excluding diaryl/α,β-unsaturated/α-hetero) is 3.